The van der Waals surface area contributed by atoms with Crippen molar-refractivity contribution in [2.45, 2.75) is 25.9 Å². The molecule has 0 saturated heterocycles. The normalized spacial score (nSPS) is 19.7. The third-order valence-corrected chi connectivity index (χ3v) is 4.87. The number of ether oxygens (including phenoxy) is 1. The fraction of sp³-hybridized carbons (Fsp3) is 0.222. The molecule has 1 N–H and O–H groups in total. The van der Waals surface area contributed by atoms with Crippen LogP contribution in [0.4, 0.5) is 5.69 Å². The number of hydrogen-bond donors (Lipinski definition) is 1. The summed E-state index contributed by atoms with van der Waals surface area (Å²) in [6, 6.07) is 12.7. The molecule has 0 saturated carbocycles. The molecule has 3 rings (SSSR count). The van der Waals surface area contributed by atoms with Gasteiger partial charge in [-0.3, -0.25) is 4.79 Å². The molecule has 1 amide bonds. The van der Waals surface area contributed by atoms with Gasteiger partial charge in [0.15, 0.2) is 5.60 Å². The van der Waals surface area contributed by atoms with Crippen molar-refractivity contribution in [1.82, 2.24) is 0 Å². The Morgan fingerprint density at radius 2 is 2.00 bits per heavy atom. The van der Waals surface area contributed by atoms with Crippen molar-refractivity contribution < 1.29 is 14.3 Å². The molecule has 1 atom stereocenters. The van der Waals surface area contributed by atoms with Crippen LogP contribution in [0.5, 0.6) is 0 Å². The molecule has 1 aliphatic heterocycles. The predicted octanol–water partition coefficient (Wildman–Crippen LogP) is 3.87. The number of carbonyl (C=O) groups excluding carboxylic acids is 2. The van der Waals surface area contributed by atoms with Crippen LogP contribution < -0.4 is 5.32 Å². The summed E-state index contributed by atoms with van der Waals surface area (Å²) in [4.78, 5) is 24.8. The minimum absolute atomic E-state index is 0.331. The van der Waals surface area contributed by atoms with Crippen LogP contribution in [0.15, 0.2) is 46.9 Å². The number of nitrogens with one attached hydrogen (secondary N) is 1. The fourth-order valence-corrected chi connectivity index (χ4v) is 2.89. The van der Waals surface area contributed by atoms with Crippen LogP contribution in [0.25, 0.3) is 0 Å². The zero-order valence-corrected chi connectivity index (χ0v) is 14.4. The SMILES string of the molecule is Cc1cc(NC(=O)[C@]2(C)Cc3ccccc3C(=O)O2)ccc1Br. The van der Waals surface area contributed by atoms with Crippen LogP contribution in [-0.4, -0.2) is 17.5 Å². The summed E-state index contributed by atoms with van der Waals surface area (Å²) in [7, 11) is 0. The fourth-order valence-electron chi connectivity index (χ4n) is 2.65. The first-order valence-electron chi connectivity index (χ1n) is 7.28. The lowest BCUT2D eigenvalue weighted by Gasteiger charge is -2.33. The maximum absolute atomic E-state index is 12.6. The van der Waals surface area contributed by atoms with Crippen LogP contribution in [0.1, 0.15) is 28.4 Å². The number of carbonyl (C=O) groups is 2. The number of benzene rings is 2. The molecule has 0 bridgehead atoms. The molecule has 0 aromatic heterocycles. The topological polar surface area (TPSA) is 55.4 Å². The Hall–Kier alpha value is -2.14. The number of fused-ring (bicyclic) bond motifs is 1. The van der Waals surface area contributed by atoms with Crippen molar-refractivity contribution in [3.05, 3.63) is 63.6 Å². The standard InChI is InChI=1S/C18H16BrNO3/c1-11-9-13(7-8-15(11)19)20-17(22)18(2)10-12-5-3-4-6-14(12)16(21)23-18/h3-9H,10H2,1-2H3,(H,20,22)/t18-/m0/s1. The number of aryl methyl sites for hydroxylation is 1. The number of anilines is 1. The van der Waals surface area contributed by atoms with Gasteiger partial charge >= 0.3 is 5.97 Å². The van der Waals surface area contributed by atoms with Crippen LogP contribution >= 0.6 is 15.9 Å². The smallest absolute Gasteiger partial charge is 0.339 e. The van der Waals surface area contributed by atoms with E-state index in [4.69, 9.17) is 4.74 Å². The van der Waals surface area contributed by atoms with E-state index in [-0.39, 0.29) is 5.91 Å². The molecular formula is C18H16BrNO3. The van der Waals surface area contributed by atoms with Gasteiger partial charge in [0.25, 0.3) is 5.91 Å². The monoisotopic (exact) mass is 373 g/mol. The summed E-state index contributed by atoms with van der Waals surface area (Å²) in [6.07, 6.45) is 0.357. The van der Waals surface area contributed by atoms with Gasteiger partial charge in [-0.15, -0.1) is 0 Å². The molecule has 2 aromatic carbocycles. The molecule has 23 heavy (non-hydrogen) atoms. The van der Waals surface area contributed by atoms with E-state index in [2.05, 4.69) is 21.2 Å². The summed E-state index contributed by atoms with van der Waals surface area (Å²) >= 11 is 3.43. The summed E-state index contributed by atoms with van der Waals surface area (Å²) in [6.45, 7) is 3.58. The van der Waals surface area contributed by atoms with Gasteiger partial charge in [-0.25, -0.2) is 4.79 Å². The Kier molecular flexibility index (Phi) is 3.98. The Morgan fingerprint density at radius 1 is 1.26 bits per heavy atom. The zero-order valence-electron chi connectivity index (χ0n) is 12.9. The van der Waals surface area contributed by atoms with E-state index in [1.165, 1.54) is 0 Å². The highest BCUT2D eigenvalue weighted by molar-refractivity contribution is 9.10. The molecular weight excluding hydrogens is 358 g/mol. The summed E-state index contributed by atoms with van der Waals surface area (Å²) in [5.41, 5.74) is 1.82. The average Bonchev–Trinajstić information content (AvgIpc) is 2.51. The number of cyclic esters (lactones) is 1. The maximum atomic E-state index is 12.6. The van der Waals surface area contributed by atoms with E-state index in [0.29, 0.717) is 17.7 Å². The predicted molar refractivity (Wildman–Crippen MR) is 91.5 cm³/mol. The largest absolute Gasteiger partial charge is 0.445 e. The van der Waals surface area contributed by atoms with Crippen LogP contribution in [0.3, 0.4) is 0 Å². The van der Waals surface area contributed by atoms with Gasteiger partial charge in [0.1, 0.15) is 0 Å². The number of esters is 1. The maximum Gasteiger partial charge on any atom is 0.339 e. The van der Waals surface area contributed by atoms with Gasteiger partial charge in [0.2, 0.25) is 0 Å². The molecule has 0 unspecified atom stereocenters. The Balaban J connectivity index is 1.84. The lowest BCUT2D eigenvalue weighted by Crippen LogP contribution is -2.48. The number of halogens is 1. The van der Waals surface area contributed by atoms with Crippen molar-refractivity contribution >= 4 is 33.5 Å². The molecule has 118 valence electrons. The quantitative estimate of drug-likeness (QED) is 0.812. The number of rotatable bonds is 2. The van der Waals surface area contributed by atoms with Gasteiger partial charge in [-0.05, 0) is 49.2 Å². The van der Waals surface area contributed by atoms with Gasteiger partial charge < -0.3 is 10.1 Å². The van der Waals surface area contributed by atoms with Crippen LogP contribution in [0, 0.1) is 6.92 Å². The molecule has 1 aliphatic rings. The second-order valence-corrected chi connectivity index (χ2v) is 6.73. The van der Waals surface area contributed by atoms with E-state index in [1.54, 1.807) is 25.1 Å². The molecule has 0 aliphatic carbocycles. The molecule has 5 heteroatoms. The van der Waals surface area contributed by atoms with Crippen LogP contribution in [0.2, 0.25) is 0 Å². The average molecular weight is 374 g/mol. The van der Waals surface area contributed by atoms with Crippen molar-refractivity contribution in [3.63, 3.8) is 0 Å². The molecule has 2 aromatic rings. The van der Waals surface area contributed by atoms with Crippen molar-refractivity contribution in [1.29, 1.82) is 0 Å². The molecule has 0 spiro atoms. The van der Waals surface area contributed by atoms with Gasteiger partial charge in [0, 0.05) is 16.6 Å². The first-order valence-corrected chi connectivity index (χ1v) is 8.07. The van der Waals surface area contributed by atoms with Gasteiger partial charge in [0.05, 0.1) is 5.56 Å². The number of hydrogen-bond acceptors (Lipinski definition) is 3. The first-order chi connectivity index (χ1) is 10.9. The third kappa shape index (κ3) is 3.01. The highest BCUT2D eigenvalue weighted by Gasteiger charge is 2.42. The van der Waals surface area contributed by atoms with E-state index in [9.17, 15) is 9.59 Å². The lowest BCUT2D eigenvalue weighted by molar-refractivity contribution is -0.134. The third-order valence-electron chi connectivity index (χ3n) is 3.98. The van der Waals surface area contributed by atoms with Gasteiger partial charge in [-0.1, -0.05) is 34.1 Å². The Labute approximate surface area is 143 Å². The van der Waals surface area contributed by atoms with Gasteiger partial charge in [-0.2, -0.15) is 0 Å². The minimum atomic E-state index is -1.22. The van der Waals surface area contributed by atoms with E-state index < -0.39 is 11.6 Å². The highest BCUT2D eigenvalue weighted by Crippen LogP contribution is 2.29. The lowest BCUT2D eigenvalue weighted by atomic mass is 9.89. The van der Waals surface area contributed by atoms with Crippen molar-refractivity contribution in [2.24, 2.45) is 0 Å². The summed E-state index contributed by atoms with van der Waals surface area (Å²) in [5, 5.41) is 2.83. The molecule has 0 radical (unpaired) electrons. The van der Waals surface area contributed by atoms with Crippen molar-refractivity contribution in [3.8, 4) is 0 Å². The Bertz CT molecular complexity index is 803. The van der Waals surface area contributed by atoms with Crippen LogP contribution in [-0.2, 0) is 16.0 Å². The summed E-state index contributed by atoms with van der Waals surface area (Å²) < 4.78 is 6.40. The summed E-state index contributed by atoms with van der Waals surface area (Å²) in [5.74, 6) is -0.793. The highest BCUT2D eigenvalue weighted by atomic mass is 79.9. The van der Waals surface area contributed by atoms with E-state index >= 15 is 0 Å². The van der Waals surface area contributed by atoms with E-state index in [1.807, 2.05) is 31.2 Å². The second-order valence-electron chi connectivity index (χ2n) is 5.87. The Morgan fingerprint density at radius 3 is 2.74 bits per heavy atom. The first kappa shape index (κ1) is 15.7. The molecule has 4 nitrogen and oxygen atoms in total. The van der Waals surface area contributed by atoms with E-state index in [0.717, 1.165) is 15.6 Å². The number of amides is 1. The van der Waals surface area contributed by atoms with Crippen molar-refractivity contribution in [2.75, 3.05) is 5.32 Å². The zero-order chi connectivity index (χ0) is 16.6. The second kappa shape index (κ2) is 5.81. The minimum Gasteiger partial charge on any atom is -0.445 e. The molecule has 1 heterocycles. The molecule has 0 fully saturated rings.